The third-order valence-electron chi connectivity index (χ3n) is 13.3. The summed E-state index contributed by atoms with van der Waals surface area (Å²) < 4.78 is 4.92. The summed E-state index contributed by atoms with van der Waals surface area (Å²) in [6.07, 6.45) is 0. The Hall–Kier alpha value is -8.93. The Morgan fingerprint density at radius 3 is 1.63 bits per heavy atom. The molecule has 5 nitrogen and oxygen atoms in total. The molecule has 0 aliphatic carbocycles. The number of nitrogens with zero attached hydrogens (tertiary/aromatic N) is 5. The standard InChI is InChI=1S/C62H41N5/c1-40-39-46(61-63-60(45-33-31-42(32-34-45)41-17-4-2-5-18-41)64-62(65-61)51-26-11-10-23-47(51)43-19-6-3-7-20-43)35-37-53(40)67-55-28-14-12-25-49(55)50-36-38-57-58(59(50)67)52-27-13-15-29-56(52)66(57)54-30-16-22-44-21-8-9-24-48(44)54/h2-39H,1H3. The summed E-state index contributed by atoms with van der Waals surface area (Å²) in [5.74, 6) is 1.87. The van der Waals surface area contributed by atoms with Gasteiger partial charge in [0.1, 0.15) is 0 Å². The second-order valence-corrected chi connectivity index (χ2v) is 17.2. The van der Waals surface area contributed by atoms with Crippen LogP contribution in [0.25, 0.3) is 122 Å². The highest BCUT2D eigenvalue weighted by atomic mass is 15.0. The molecule has 0 radical (unpaired) electrons. The van der Waals surface area contributed by atoms with Crippen molar-refractivity contribution < 1.29 is 0 Å². The molecule has 0 aliphatic heterocycles. The number of hydrogen-bond donors (Lipinski definition) is 0. The van der Waals surface area contributed by atoms with E-state index in [-0.39, 0.29) is 0 Å². The van der Waals surface area contributed by atoms with E-state index in [0.29, 0.717) is 17.5 Å². The van der Waals surface area contributed by atoms with Gasteiger partial charge in [0.2, 0.25) is 0 Å². The van der Waals surface area contributed by atoms with Crippen molar-refractivity contribution in [3.8, 4) is 67.8 Å². The first-order valence-electron chi connectivity index (χ1n) is 22.8. The lowest BCUT2D eigenvalue weighted by atomic mass is 9.99. The molecule has 13 rings (SSSR count). The Kier molecular flexibility index (Phi) is 9.00. The molecular formula is C62H41N5. The van der Waals surface area contributed by atoms with Crippen LogP contribution in [0.15, 0.2) is 231 Å². The van der Waals surface area contributed by atoms with Crippen LogP contribution in [-0.4, -0.2) is 24.1 Å². The first-order chi connectivity index (χ1) is 33.2. The highest BCUT2D eigenvalue weighted by molar-refractivity contribution is 6.26. The van der Waals surface area contributed by atoms with E-state index in [4.69, 9.17) is 15.0 Å². The van der Waals surface area contributed by atoms with Crippen LogP contribution >= 0.6 is 0 Å². The van der Waals surface area contributed by atoms with E-state index in [1.165, 1.54) is 54.6 Å². The zero-order valence-electron chi connectivity index (χ0n) is 36.7. The molecule has 3 aromatic heterocycles. The minimum Gasteiger partial charge on any atom is -0.309 e. The van der Waals surface area contributed by atoms with Gasteiger partial charge in [0.15, 0.2) is 17.5 Å². The van der Waals surface area contributed by atoms with Crippen molar-refractivity contribution in [1.29, 1.82) is 0 Å². The summed E-state index contributed by atoms with van der Waals surface area (Å²) in [5.41, 5.74) is 15.3. The summed E-state index contributed by atoms with van der Waals surface area (Å²) in [7, 11) is 0. The lowest BCUT2D eigenvalue weighted by molar-refractivity contribution is 1.07. The van der Waals surface area contributed by atoms with Gasteiger partial charge in [-0.1, -0.05) is 188 Å². The minimum atomic E-state index is 0.618. The molecule has 0 bridgehead atoms. The Morgan fingerprint density at radius 2 is 0.866 bits per heavy atom. The van der Waals surface area contributed by atoms with E-state index < -0.39 is 0 Å². The maximum absolute atomic E-state index is 5.28. The summed E-state index contributed by atoms with van der Waals surface area (Å²) >= 11 is 0. The van der Waals surface area contributed by atoms with Gasteiger partial charge >= 0.3 is 0 Å². The molecule has 67 heavy (non-hydrogen) atoms. The predicted octanol–water partition coefficient (Wildman–Crippen LogP) is 15.9. The van der Waals surface area contributed by atoms with Crippen molar-refractivity contribution in [1.82, 2.24) is 24.1 Å². The van der Waals surface area contributed by atoms with Crippen LogP contribution in [0.4, 0.5) is 0 Å². The topological polar surface area (TPSA) is 48.5 Å². The Labute approximate surface area is 387 Å². The SMILES string of the molecule is Cc1cc(-c2nc(-c3ccc(-c4ccccc4)cc3)nc(-c3ccccc3-c3ccccc3)n2)ccc1-n1c2ccccc2c2ccc3c(c4ccccc4n3-c3cccc4ccccc34)c21. The van der Waals surface area contributed by atoms with Crippen LogP contribution in [-0.2, 0) is 0 Å². The average Bonchev–Trinajstić information content (AvgIpc) is 3.91. The van der Waals surface area contributed by atoms with Crippen LogP contribution < -0.4 is 0 Å². The van der Waals surface area contributed by atoms with Crippen molar-refractivity contribution in [3.05, 3.63) is 236 Å². The molecule has 5 heteroatoms. The fourth-order valence-electron chi connectivity index (χ4n) is 10.2. The van der Waals surface area contributed by atoms with Crippen molar-refractivity contribution in [2.75, 3.05) is 0 Å². The van der Waals surface area contributed by atoms with Gasteiger partial charge in [-0.3, -0.25) is 0 Å². The zero-order chi connectivity index (χ0) is 44.4. The second-order valence-electron chi connectivity index (χ2n) is 17.2. The molecular weight excluding hydrogens is 815 g/mol. The van der Waals surface area contributed by atoms with Crippen LogP contribution in [0.2, 0.25) is 0 Å². The number of aromatic nitrogens is 5. The molecule has 0 atom stereocenters. The smallest absolute Gasteiger partial charge is 0.164 e. The van der Waals surface area contributed by atoms with Gasteiger partial charge in [0, 0.05) is 49.3 Å². The third-order valence-corrected chi connectivity index (χ3v) is 13.3. The van der Waals surface area contributed by atoms with Crippen molar-refractivity contribution in [2.24, 2.45) is 0 Å². The average molecular weight is 856 g/mol. The van der Waals surface area contributed by atoms with Crippen LogP contribution in [0.5, 0.6) is 0 Å². The van der Waals surface area contributed by atoms with Crippen molar-refractivity contribution in [2.45, 2.75) is 6.92 Å². The van der Waals surface area contributed by atoms with Gasteiger partial charge < -0.3 is 9.13 Å². The maximum atomic E-state index is 5.28. The van der Waals surface area contributed by atoms with Gasteiger partial charge in [-0.25, -0.2) is 15.0 Å². The molecule has 3 heterocycles. The Balaban J connectivity index is 1.01. The van der Waals surface area contributed by atoms with Gasteiger partial charge in [0.25, 0.3) is 0 Å². The molecule has 314 valence electrons. The number of benzene rings is 10. The van der Waals surface area contributed by atoms with E-state index in [9.17, 15) is 0 Å². The fourth-order valence-corrected chi connectivity index (χ4v) is 10.2. The number of aryl methyl sites for hydroxylation is 1. The van der Waals surface area contributed by atoms with Gasteiger partial charge in [0.05, 0.1) is 27.8 Å². The quantitative estimate of drug-likeness (QED) is 0.160. The molecule has 13 aromatic rings. The monoisotopic (exact) mass is 855 g/mol. The van der Waals surface area contributed by atoms with Gasteiger partial charge in [-0.05, 0) is 82.6 Å². The lowest BCUT2D eigenvalue weighted by Crippen LogP contribution is -2.02. The van der Waals surface area contributed by atoms with E-state index in [2.05, 4.69) is 234 Å². The third kappa shape index (κ3) is 6.35. The van der Waals surface area contributed by atoms with Gasteiger partial charge in [-0.15, -0.1) is 0 Å². The summed E-state index contributed by atoms with van der Waals surface area (Å²) in [6, 6.07) is 82.0. The summed E-state index contributed by atoms with van der Waals surface area (Å²) in [6.45, 7) is 2.20. The first-order valence-corrected chi connectivity index (χ1v) is 22.8. The molecule has 10 aromatic carbocycles. The van der Waals surface area contributed by atoms with E-state index in [1.807, 2.05) is 12.1 Å². The highest BCUT2D eigenvalue weighted by Crippen LogP contribution is 2.43. The van der Waals surface area contributed by atoms with Crippen molar-refractivity contribution in [3.63, 3.8) is 0 Å². The van der Waals surface area contributed by atoms with Crippen molar-refractivity contribution >= 4 is 54.4 Å². The number of fused-ring (bicyclic) bond motifs is 8. The van der Waals surface area contributed by atoms with E-state index in [0.717, 1.165) is 55.7 Å². The molecule has 0 amide bonds. The van der Waals surface area contributed by atoms with Crippen LogP contribution in [0.1, 0.15) is 5.56 Å². The Morgan fingerprint density at radius 1 is 0.313 bits per heavy atom. The van der Waals surface area contributed by atoms with E-state index >= 15 is 0 Å². The van der Waals surface area contributed by atoms with Gasteiger partial charge in [-0.2, -0.15) is 0 Å². The molecule has 0 saturated carbocycles. The minimum absolute atomic E-state index is 0.618. The molecule has 0 fully saturated rings. The first kappa shape index (κ1) is 38.5. The molecule has 0 spiro atoms. The predicted molar refractivity (Wildman–Crippen MR) is 278 cm³/mol. The number of rotatable bonds is 7. The lowest BCUT2D eigenvalue weighted by Gasteiger charge is -2.15. The second kappa shape index (κ2) is 15.7. The van der Waals surface area contributed by atoms with Crippen LogP contribution in [0, 0.1) is 6.92 Å². The molecule has 0 N–H and O–H groups in total. The van der Waals surface area contributed by atoms with E-state index in [1.54, 1.807) is 0 Å². The summed E-state index contributed by atoms with van der Waals surface area (Å²) in [4.78, 5) is 15.7. The summed E-state index contributed by atoms with van der Waals surface area (Å²) in [5, 5.41) is 7.31. The Bertz CT molecular complexity index is 4030. The molecule has 0 unspecified atom stereocenters. The normalized spacial score (nSPS) is 11.7. The molecule has 0 saturated heterocycles. The zero-order valence-corrected chi connectivity index (χ0v) is 36.7. The number of hydrogen-bond acceptors (Lipinski definition) is 3. The highest BCUT2D eigenvalue weighted by Gasteiger charge is 2.23. The van der Waals surface area contributed by atoms with Crippen LogP contribution in [0.3, 0.4) is 0 Å². The number of para-hydroxylation sites is 2. The molecule has 0 aliphatic rings. The maximum Gasteiger partial charge on any atom is 0.164 e. The fraction of sp³-hybridized carbons (Fsp3) is 0.0161. The largest absolute Gasteiger partial charge is 0.309 e.